The first-order valence-electron chi connectivity index (χ1n) is 11.8. The van der Waals surface area contributed by atoms with Crippen molar-refractivity contribution in [3.05, 3.63) is 61.7 Å². The van der Waals surface area contributed by atoms with Crippen molar-refractivity contribution >= 4 is 16.9 Å². The predicted molar refractivity (Wildman–Crippen MR) is 123 cm³/mol. The van der Waals surface area contributed by atoms with E-state index in [0.29, 0.717) is 35.3 Å². The number of aliphatic hydroxyl groups is 2. The van der Waals surface area contributed by atoms with Crippen LogP contribution in [-0.2, 0) is 39.4 Å². The number of hydrogen-bond donors (Lipinski definition) is 2. The first-order chi connectivity index (χ1) is 16.8. The summed E-state index contributed by atoms with van der Waals surface area (Å²) in [5.41, 5.74) is 2.80. The topological polar surface area (TPSA) is 111 Å². The molecule has 2 aliphatic heterocycles. The highest BCUT2D eigenvalue weighted by atomic mass is 19.1. The van der Waals surface area contributed by atoms with Crippen LogP contribution in [0.2, 0.25) is 0 Å². The number of carbonyl (C=O) groups excluding carboxylic acids is 1. The van der Waals surface area contributed by atoms with Crippen molar-refractivity contribution in [1.82, 2.24) is 9.55 Å². The molecular formula is C26H25FN2O6. The number of aliphatic hydroxyl groups excluding tert-OH is 1. The average Bonchev–Trinajstić information content (AvgIpc) is 3.22. The first kappa shape index (κ1) is 22.3. The smallest absolute Gasteiger partial charge is 0.343 e. The van der Waals surface area contributed by atoms with Crippen LogP contribution in [0.15, 0.2) is 16.9 Å². The van der Waals surface area contributed by atoms with Gasteiger partial charge < -0.3 is 24.3 Å². The van der Waals surface area contributed by atoms with Gasteiger partial charge in [0.05, 0.1) is 48.3 Å². The van der Waals surface area contributed by atoms with Gasteiger partial charge in [-0.25, -0.2) is 14.2 Å². The lowest BCUT2D eigenvalue weighted by molar-refractivity contribution is -0.172. The summed E-state index contributed by atoms with van der Waals surface area (Å²) in [6.07, 6.45) is 0.947. The molecule has 182 valence electrons. The molecule has 2 aromatic heterocycles. The summed E-state index contributed by atoms with van der Waals surface area (Å²) in [5.74, 6) is -1.12. The Bertz CT molecular complexity index is 1500. The zero-order chi connectivity index (χ0) is 24.6. The number of ether oxygens (including phenoxy) is 2. The highest BCUT2D eigenvalue weighted by Crippen LogP contribution is 2.46. The molecule has 2 atom stereocenters. The molecule has 0 bridgehead atoms. The number of rotatable bonds is 4. The van der Waals surface area contributed by atoms with Crippen LogP contribution >= 0.6 is 0 Å². The van der Waals surface area contributed by atoms with E-state index in [0.717, 1.165) is 22.1 Å². The van der Waals surface area contributed by atoms with Crippen LogP contribution < -0.4 is 5.56 Å². The third-order valence-corrected chi connectivity index (χ3v) is 7.74. The highest BCUT2D eigenvalue weighted by molar-refractivity contribution is 5.93. The molecule has 1 aliphatic carbocycles. The molecule has 3 aliphatic rings. The van der Waals surface area contributed by atoms with Gasteiger partial charge in [-0.2, -0.15) is 0 Å². The molecule has 3 aromatic rings. The fourth-order valence-corrected chi connectivity index (χ4v) is 5.87. The quantitative estimate of drug-likeness (QED) is 0.432. The minimum Gasteiger partial charge on any atom is -0.458 e. The Morgan fingerprint density at radius 1 is 1.29 bits per heavy atom. The minimum absolute atomic E-state index is 0.0515. The van der Waals surface area contributed by atoms with Crippen LogP contribution in [0.4, 0.5) is 4.39 Å². The lowest BCUT2D eigenvalue weighted by Crippen LogP contribution is -2.44. The van der Waals surface area contributed by atoms with Gasteiger partial charge in [0.2, 0.25) is 0 Å². The average molecular weight is 480 g/mol. The van der Waals surface area contributed by atoms with Crippen molar-refractivity contribution in [2.45, 2.75) is 58.0 Å². The van der Waals surface area contributed by atoms with Gasteiger partial charge >= 0.3 is 5.97 Å². The first-order valence-corrected chi connectivity index (χ1v) is 11.8. The van der Waals surface area contributed by atoms with Crippen LogP contribution in [0.1, 0.15) is 59.3 Å². The Morgan fingerprint density at radius 2 is 2.09 bits per heavy atom. The van der Waals surface area contributed by atoms with Crippen molar-refractivity contribution in [3.8, 4) is 11.4 Å². The monoisotopic (exact) mass is 480 g/mol. The van der Waals surface area contributed by atoms with Gasteiger partial charge in [-0.05, 0) is 48.9 Å². The lowest BCUT2D eigenvalue weighted by atomic mass is 9.82. The summed E-state index contributed by atoms with van der Waals surface area (Å²) in [6, 6.07) is 3.06. The molecule has 0 amide bonds. The molecule has 0 radical (unpaired) electrons. The molecule has 2 N–H and O–H groups in total. The SMILES string of the molecule is CC[C@@]1(O)C(=O)OCc2c1cc1n(c2=O)Cc2c-1nc1cc(F)c(C)c3c1c2C(OCCO)CC3. The van der Waals surface area contributed by atoms with Crippen LogP contribution in [0, 0.1) is 12.7 Å². The fourth-order valence-electron chi connectivity index (χ4n) is 5.87. The van der Waals surface area contributed by atoms with Crippen molar-refractivity contribution in [2.75, 3.05) is 13.2 Å². The number of fused-ring (bicyclic) bond motifs is 5. The maximum atomic E-state index is 14.8. The zero-order valence-corrected chi connectivity index (χ0v) is 19.5. The second-order valence-corrected chi connectivity index (χ2v) is 9.43. The number of esters is 1. The van der Waals surface area contributed by atoms with E-state index in [1.807, 2.05) is 0 Å². The van der Waals surface area contributed by atoms with Crippen molar-refractivity contribution in [1.29, 1.82) is 0 Å². The largest absolute Gasteiger partial charge is 0.458 e. The van der Waals surface area contributed by atoms with E-state index in [4.69, 9.17) is 14.5 Å². The maximum Gasteiger partial charge on any atom is 0.343 e. The number of benzene rings is 1. The lowest BCUT2D eigenvalue weighted by Gasteiger charge is -2.31. The van der Waals surface area contributed by atoms with E-state index >= 15 is 0 Å². The summed E-state index contributed by atoms with van der Waals surface area (Å²) >= 11 is 0. The van der Waals surface area contributed by atoms with Crippen molar-refractivity contribution in [3.63, 3.8) is 0 Å². The van der Waals surface area contributed by atoms with E-state index in [2.05, 4.69) is 0 Å². The fraction of sp³-hybridized carbons (Fsp3) is 0.423. The summed E-state index contributed by atoms with van der Waals surface area (Å²) < 4.78 is 27.6. The maximum absolute atomic E-state index is 14.8. The molecule has 1 unspecified atom stereocenters. The van der Waals surface area contributed by atoms with E-state index < -0.39 is 11.6 Å². The highest BCUT2D eigenvalue weighted by Gasteiger charge is 2.46. The van der Waals surface area contributed by atoms with E-state index in [1.165, 1.54) is 6.07 Å². The second-order valence-electron chi connectivity index (χ2n) is 9.43. The number of carbonyl (C=O) groups is 1. The summed E-state index contributed by atoms with van der Waals surface area (Å²) in [7, 11) is 0. The van der Waals surface area contributed by atoms with Gasteiger partial charge in [-0.15, -0.1) is 0 Å². The van der Waals surface area contributed by atoms with Gasteiger partial charge in [0.15, 0.2) is 5.60 Å². The molecule has 6 rings (SSSR count). The van der Waals surface area contributed by atoms with Crippen LogP contribution in [0.25, 0.3) is 22.3 Å². The van der Waals surface area contributed by atoms with Gasteiger partial charge in [0.1, 0.15) is 12.4 Å². The van der Waals surface area contributed by atoms with Gasteiger partial charge in [0.25, 0.3) is 5.56 Å². The molecule has 0 saturated carbocycles. The number of aromatic nitrogens is 2. The van der Waals surface area contributed by atoms with Crippen LogP contribution in [0.3, 0.4) is 0 Å². The summed E-state index contributed by atoms with van der Waals surface area (Å²) in [4.78, 5) is 30.8. The molecule has 0 fully saturated rings. The number of nitrogens with zero attached hydrogens (tertiary/aromatic N) is 2. The Morgan fingerprint density at radius 3 is 2.83 bits per heavy atom. The number of hydrogen-bond acceptors (Lipinski definition) is 7. The third-order valence-electron chi connectivity index (χ3n) is 7.74. The van der Waals surface area contributed by atoms with E-state index in [1.54, 1.807) is 24.5 Å². The molecule has 8 nitrogen and oxygen atoms in total. The Kier molecular flexibility index (Phi) is 4.90. The minimum atomic E-state index is -1.92. The van der Waals surface area contributed by atoms with Crippen LogP contribution in [-0.4, -0.2) is 38.9 Å². The van der Waals surface area contributed by atoms with Crippen molar-refractivity contribution in [2.24, 2.45) is 0 Å². The predicted octanol–water partition coefficient (Wildman–Crippen LogP) is 2.52. The third kappa shape index (κ3) is 2.92. The molecule has 0 saturated heterocycles. The Hall–Kier alpha value is -3.14. The number of halogens is 1. The molecule has 4 heterocycles. The summed E-state index contributed by atoms with van der Waals surface area (Å²) in [6.45, 7) is 3.47. The van der Waals surface area contributed by atoms with E-state index in [-0.39, 0.29) is 61.4 Å². The standard InChI is InChI=1S/C26H25FN2O6/c1-3-26(33)16-8-19-23-14(10-29(19)24(31)15(16)11-35-25(26)32)22-20(34-7-6-30)5-4-13-12(2)17(27)9-18(28-23)21(13)22/h8-9,20,30,33H,3-7,10-11H2,1-2H3/t20?,26-/m0/s1. The molecule has 0 spiro atoms. The summed E-state index contributed by atoms with van der Waals surface area (Å²) in [5, 5.41) is 21.3. The number of aryl methyl sites for hydroxylation is 1. The normalized spacial score (nSPS) is 22.1. The molecule has 1 aromatic carbocycles. The number of pyridine rings is 2. The van der Waals surface area contributed by atoms with Gasteiger partial charge in [-0.1, -0.05) is 6.92 Å². The van der Waals surface area contributed by atoms with Crippen molar-refractivity contribution < 1.29 is 28.9 Å². The van der Waals surface area contributed by atoms with E-state index in [9.17, 15) is 24.2 Å². The molecular weight excluding hydrogens is 455 g/mol. The number of cyclic esters (lactones) is 1. The Labute approximate surface area is 199 Å². The van der Waals surface area contributed by atoms with Gasteiger partial charge in [0, 0.05) is 22.6 Å². The van der Waals surface area contributed by atoms with Gasteiger partial charge in [-0.3, -0.25) is 4.79 Å². The van der Waals surface area contributed by atoms with Crippen LogP contribution in [0.5, 0.6) is 0 Å². The second kappa shape index (κ2) is 7.68. The molecule has 9 heteroatoms. The Balaban J connectivity index is 1.66. The molecule has 35 heavy (non-hydrogen) atoms. The zero-order valence-electron chi connectivity index (χ0n) is 19.5.